The number of carbonyl (C=O) groups is 4. The van der Waals surface area contributed by atoms with Gasteiger partial charge in [-0.1, -0.05) is 35.9 Å². The second-order valence-corrected chi connectivity index (χ2v) is 11.4. The molecule has 7 rings (SSSR count). The number of aryl methyl sites for hydroxylation is 1. The maximum Gasteiger partial charge on any atom is 0.339 e. The van der Waals surface area contributed by atoms with Crippen molar-refractivity contribution in [2.24, 2.45) is 23.7 Å². The number of ether oxygens (including phenoxy) is 2. The molecular formula is C35H28N2O6. The Morgan fingerprint density at radius 2 is 1.56 bits per heavy atom. The standard InChI is InChI=1S/C35H28N2O6/c1-19-3-14-28-26(15-19)27(35(41)43-18-30(38)21-8-12-25(42-2)13-9-21)17-29(36-28)20-6-10-24(11-7-20)37-33(39)31-22-4-5-23(16-22)32(31)34(37)40/h3-15,17,22-23,31-32H,16,18H2,1-2H3. The van der Waals surface area contributed by atoms with Crippen molar-refractivity contribution in [1.82, 2.24) is 4.98 Å². The number of anilines is 1. The molecule has 1 saturated carbocycles. The molecule has 2 fully saturated rings. The van der Waals surface area contributed by atoms with Crippen LogP contribution < -0.4 is 9.64 Å². The molecule has 8 heteroatoms. The monoisotopic (exact) mass is 572 g/mol. The van der Waals surface area contributed by atoms with Gasteiger partial charge in [0.1, 0.15) is 5.75 Å². The summed E-state index contributed by atoms with van der Waals surface area (Å²) in [5, 5.41) is 0.616. The molecule has 2 aliphatic carbocycles. The van der Waals surface area contributed by atoms with Crippen LogP contribution in [0.25, 0.3) is 22.2 Å². The van der Waals surface area contributed by atoms with Gasteiger partial charge in [0.25, 0.3) is 0 Å². The fourth-order valence-electron chi connectivity index (χ4n) is 6.66. The molecule has 43 heavy (non-hydrogen) atoms. The third-order valence-corrected chi connectivity index (χ3v) is 8.82. The van der Waals surface area contributed by atoms with Crippen molar-refractivity contribution in [2.45, 2.75) is 13.3 Å². The second-order valence-electron chi connectivity index (χ2n) is 11.4. The molecule has 0 N–H and O–H groups in total. The zero-order valence-electron chi connectivity index (χ0n) is 23.7. The first kappa shape index (κ1) is 26.8. The van der Waals surface area contributed by atoms with Crippen LogP contribution in [0.3, 0.4) is 0 Å². The number of amides is 2. The minimum atomic E-state index is -0.638. The highest BCUT2D eigenvalue weighted by Crippen LogP contribution is 2.53. The predicted octanol–water partition coefficient (Wildman–Crippen LogP) is 5.57. The van der Waals surface area contributed by atoms with E-state index in [2.05, 4.69) is 12.2 Å². The van der Waals surface area contributed by atoms with E-state index in [1.165, 1.54) is 4.90 Å². The number of nitrogens with zero attached hydrogens (tertiary/aromatic N) is 2. The lowest BCUT2D eigenvalue weighted by Crippen LogP contribution is -2.32. The summed E-state index contributed by atoms with van der Waals surface area (Å²) in [6.45, 7) is 1.51. The van der Waals surface area contributed by atoms with Gasteiger partial charge in [-0.2, -0.15) is 0 Å². The summed E-state index contributed by atoms with van der Waals surface area (Å²) in [5.41, 5.74) is 4.00. The number of ketones is 1. The molecule has 8 nitrogen and oxygen atoms in total. The Morgan fingerprint density at radius 1 is 0.884 bits per heavy atom. The van der Waals surface area contributed by atoms with E-state index in [0.717, 1.165) is 12.0 Å². The quantitative estimate of drug-likeness (QED) is 0.123. The Kier molecular flexibility index (Phi) is 6.42. The minimum absolute atomic E-state index is 0.131. The maximum atomic E-state index is 13.3. The number of benzene rings is 3. The number of pyridine rings is 1. The number of imide groups is 1. The molecule has 1 aromatic heterocycles. The largest absolute Gasteiger partial charge is 0.497 e. The average molecular weight is 573 g/mol. The molecule has 214 valence electrons. The van der Waals surface area contributed by atoms with Crippen LogP contribution in [0.1, 0.15) is 32.7 Å². The molecule has 3 aromatic carbocycles. The van der Waals surface area contributed by atoms with Gasteiger partial charge in [0, 0.05) is 16.5 Å². The number of hydrogen-bond donors (Lipinski definition) is 0. The number of esters is 1. The van der Waals surface area contributed by atoms with Crippen molar-refractivity contribution in [3.05, 3.63) is 102 Å². The van der Waals surface area contributed by atoms with E-state index in [1.807, 2.05) is 25.1 Å². The Labute approximate surface area is 247 Å². The molecule has 4 atom stereocenters. The zero-order chi connectivity index (χ0) is 29.8. The number of rotatable bonds is 7. The fourth-order valence-corrected chi connectivity index (χ4v) is 6.66. The molecule has 2 bridgehead atoms. The van der Waals surface area contributed by atoms with Gasteiger partial charge in [0.2, 0.25) is 11.8 Å². The fraction of sp³-hybridized carbons (Fsp3) is 0.229. The number of methoxy groups -OCH3 is 1. The summed E-state index contributed by atoms with van der Waals surface area (Å²) < 4.78 is 10.6. The Balaban J connectivity index is 1.15. The molecule has 2 amide bonds. The minimum Gasteiger partial charge on any atom is -0.497 e. The van der Waals surface area contributed by atoms with E-state index in [0.29, 0.717) is 39.2 Å². The summed E-state index contributed by atoms with van der Waals surface area (Å²) in [7, 11) is 1.54. The highest BCUT2D eigenvalue weighted by molar-refractivity contribution is 6.22. The van der Waals surface area contributed by atoms with Crippen molar-refractivity contribution in [1.29, 1.82) is 0 Å². The van der Waals surface area contributed by atoms with Crippen molar-refractivity contribution in [2.75, 3.05) is 18.6 Å². The molecule has 4 unspecified atom stereocenters. The van der Waals surface area contributed by atoms with E-state index < -0.39 is 12.6 Å². The van der Waals surface area contributed by atoms with Gasteiger partial charge in [-0.15, -0.1) is 0 Å². The normalized spacial score (nSPS) is 21.9. The van der Waals surface area contributed by atoms with Crippen molar-refractivity contribution >= 4 is 40.2 Å². The first-order valence-corrected chi connectivity index (χ1v) is 14.2. The van der Waals surface area contributed by atoms with E-state index in [1.54, 1.807) is 61.7 Å². The van der Waals surface area contributed by atoms with Crippen LogP contribution in [0.4, 0.5) is 5.69 Å². The highest BCUT2D eigenvalue weighted by Gasteiger charge is 2.59. The van der Waals surface area contributed by atoms with Crippen LogP contribution in [0.15, 0.2) is 84.9 Å². The lowest BCUT2D eigenvalue weighted by molar-refractivity contribution is -0.123. The number of hydrogen-bond acceptors (Lipinski definition) is 7. The number of Topliss-reactive ketones (excluding diaryl/α,β-unsaturated/α-hetero) is 1. The summed E-state index contributed by atoms with van der Waals surface area (Å²) in [5.74, 6) is -0.854. The van der Waals surface area contributed by atoms with E-state index in [-0.39, 0.29) is 46.8 Å². The van der Waals surface area contributed by atoms with E-state index in [9.17, 15) is 19.2 Å². The van der Waals surface area contributed by atoms with Crippen LogP contribution in [0.2, 0.25) is 0 Å². The molecular weight excluding hydrogens is 544 g/mol. The lowest BCUT2D eigenvalue weighted by Gasteiger charge is -2.17. The number of allylic oxidation sites excluding steroid dienone is 2. The van der Waals surface area contributed by atoms with E-state index >= 15 is 0 Å². The number of fused-ring (bicyclic) bond motifs is 6. The van der Waals surface area contributed by atoms with Crippen molar-refractivity contribution in [3.8, 4) is 17.0 Å². The molecule has 1 saturated heterocycles. The summed E-state index contributed by atoms with van der Waals surface area (Å²) in [4.78, 5) is 58.6. The van der Waals surface area contributed by atoms with Gasteiger partial charge in [0.05, 0.1) is 41.4 Å². The topological polar surface area (TPSA) is 103 Å². The van der Waals surface area contributed by atoms with Crippen LogP contribution >= 0.6 is 0 Å². The Morgan fingerprint density at radius 3 is 2.21 bits per heavy atom. The first-order chi connectivity index (χ1) is 20.8. The van der Waals surface area contributed by atoms with Crippen LogP contribution in [0, 0.1) is 30.6 Å². The smallest absolute Gasteiger partial charge is 0.339 e. The first-order valence-electron chi connectivity index (χ1n) is 14.2. The molecule has 0 spiro atoms. The third-order valence-electron chi connectivity index (χ3n) is 8.82. The SMILES string of the molecule is COc1ccc(C(=O)COC(=O)c2cc(-c3ccc(N4C(=O)C5C6C=CC(C6)C5C4=O)cc3)nc3ccc(C)cc23)cc1. The van der Waals surface area contributed by atoms with Crippen molar-refractivity contribution in [3.63, 3.8) is 0 Å². The summed E-state index contributed by atoms with van der Waals surface area (Å²) in [6.07, 6.45) is 5.04. The molecule has 3 aliphatic rings. The van der Waals surface area contributed by atoms with Gasteiger partial charge in [-0.3, -0.25) is 19.3 Å². The summed E-state index contributed by atoms with van der Waals surface area (Å²) in [6, 6.07) is 20.9. The Bertz CT molecular complexity index is 1810. The molecule has 4 aromatic rings. The average Bonchev–Trinajstić information content (AvgIpc) is 3.72. The highest BCUT2D eigenvalue weighted by atomic mass is 16.5. The second kappa shape index (κ2) is 10.3. The van der Waals surface area contributed by atoms with Gasteiger partial charge in [-0.05, 0) is 79.8 Å². The maximum absolute atomic E-state index is 13.3. The number of aromatic nitrogens is 1. The number of carbonyl (C=O) groups excluding carboxylic acids is 4. The van der Waals surface area contributed by atoms with Gasteiger partial charge in [-0.25, -0.2) is 9.78 Å². The van der Waals surface area contributed by atoms with Crippen LogP contribution in [-0.2, 0) is 14.3 Å². The van der Waals surface area contributed by atoms with Gasteiger partial charge in [0.15, 0.2) is 12.4 Å². The van der Waals surface area contributed by atoms with Crippen molar-refractivity contribution < 1.29 is 28.7 Å². The summed E-state index contributed by atoms with van der Waals surface area (Å²) >= 11 is 0. The Hall–Kier alpha value is -5.11. The van der Waals surface area contributed by atoms with Crippen LogP contribution in [-0.4, -0.2) is 42.3 Å². The molecule has 0 radical (unpaired) electrons. The predicted molar refractivity (Wildman–Crippen MR) is 160 cm³/mol. The lowest BCUT2D eigenvalue weighted by atomic mass is 9.85. The molecule has 2 heterocycles. The van der Waals surface area contributed by atoms with E-state index in [4.69, 9.17) is 14.5 Å². The molecule has 1 aliphatic heterocycles. The van der Waals surface area contributed by atoms with Crippen LogP contribution in [0.5, 0.6) is 5.75 Å². The zero-order valence-corrected chi connectivity index (χ0v) is 23.7. The third kappa shape index (κ3) is 4.50. The van der Waals surface area contributed by atoms with Gasteiger partial charge < -0.3 is 9.47 Å². The van der Waals surface area contributed by atoms with Gasteiger partial charge >= 0.3 is 5.97 Å².